The molecule has 31 heavy (non-hydrogen) atoms. The molecule has 2 unspecified atom stereocenters. The molecule has 0 amide bonds. The lowest BCUT2D eigenvalue weighted by molar-refractivity contribution is -0.134. The van der Waals surface area contributed by atoms with Gasteiger partial charge in [-0.25, -0.2) is 9.59 Å². The van der Waals surface area contributed by atoms with E-state index < -0.39 is 11.9 Å². The zero-order valence-corrected chi connectivity index (χ0v) is 18.6. The summed E-state index contributed by atoms with van der Waals surface area (Å²) in [7, 11) is 0. The SMILES string of the molecule is CCN(CC)CCC1Cc2ccccc2C(C)c2ccccc21.O=C(O)/C=C\C(=O)O. The molecule has 1 aliphatic carbocycles. The van der Waals surface area contributed by atoms with E-state index in [4.69, 9.17) is 10.2 Å². The Balaban J connectivity index is 0.000000366. The van der Waals surface area contributed by atoms with Gasteiger partial charge in [0.1, 0.15) is 0 Å². The van der Waals surface area contributed by atoms with Gasteiger partial charge in [0.25, 0.3) is 0 Å². The highest BCUT2D eigenvalue weighted by Gasteiger charge is 2.26. The Morgan fingerprint density at radius 1 is 0.903 bits per heavy atom. The maximum absolute atomic E-state index is 9.55. The first-order valence-corrected chi connectivity index (χ1v) is 10.9. The minimum absolute atomic E-state index is 0.501. The van der Waals surface area contributed by atoms with Gasteiger partial charge in [0.05, 0.1) is 0 Å². The van der Waals surface area contributed by atoms with Gasteiger partial charge < -0.3 is 15.1 Å². The second-order valence-corrected chi connectivity index (χ2v) is 7.78. The van der Waals surface area contributed by atoms with E-state index in [1.165, 1.54) is 30.5 Å². The van der Waals surface area contributed by atoms with Crippen molar-refractivity contribution >= 4 is 11.9 Å². The van der Waals surface area contributed by atoms with E-state index in [1.807, 2.05) is 0 Å². The van der Waals surface area contributed by atoms with Crippen LogP contribution in [0.25, 0.3) is 0 Å². The van der Waals surface area contributed by atoms with Crippen LogP contribution in [0, 0.1) is 0 Å². The van der Waals surface area contributed by atoms with Crippen molar-refractivity contribution < 1.29 is 19.8 Å². The summed E-state index contributed by atoms with van der Waals surface area (Å²) in [6, 6.07) is 18.2. The van der Waals surface area contributed by atoms with Crippen LogP contribution in [-0.2, 0) is 16.0 Å². The minimum Gasteiger partial charge on any atom is -0.478 e. The normalized spacial score (nSPS) is 17.3. The van der Waals surface area contributed by atoms with Crippen molar-refractivity contribution in [1.82, 2.24) is 4.90 Å². The van der Waals surface area contributed by atoms with Crippen molar-refractivity contribution in [2.75, 3.05) is 19.6 Å². The molecule has 0 aliphatic heterocycles. The zero-order chi connectivity index (χ0) is 22.8. The van der Waals surface area contributed by atoms with Gasteiger partial charge in [-0.1, -0.05) is 69.3 Å². The standard InChI is InChI=1S/C22H29N.C4H4O4/c1-4-23(5-2)15-14-19-16-18-10-6-7-11-20(18)17(3)21-12-8-9-13-22(19)21;5-3(6)1-2-4(7)8/h6-13,17,19H,4-5,14-16H2,1-3H3;1-2H,(H,5,6)(H,7,8)/b;2-1-. The van der Waals surface area contributed by atoms with E-state index in [2.05, 4.69) is 74.2 Å². The molecular weight excluding hydrogens is 390 g/mol. The van der Waals surface area contributed by atoms with Gasteiger partial charge in [-0.2, -0.15) is 0 Å². The van der Waals surface area contributed by atoms with Gasteiger partial charge in [-0.05, 0) is 60.6 Å². The molecule has 5 heteroatoms. The number of benzene rings is 2. The number of carboxylic acids is 2. The number of hydrogen-bond donors (Lipinski definition) is 2. The van der Waals surface area contributed by atoms with Gasteiger partial charge in [-0.3, -0.25) is 0 Å². The smallest absolute Gasteiger partial charge is 0.328 e. The number of hydrogen-bond acceptors (Lipinski definition) is 3. The van der Waals surface area contributed by atoms with Crippen LogP contribution in [0.5, 0.6) is 0 Å². The fraction of sp³-hybridized carbons (Fsp3) is 0.385. The maximum Gasteiger partial charge on any atom is 0.328 e. The Morgan fingerprint density at radius 3 is 1.97 bits per heavy atom. The second-order valence-electron chi connectivity index (χ2n) is 7.78. The van der Waals surface area contributed by atoms with Crippen molar-refractivity contribution in [3.05, 3.63) is 82.9 Å². The zero-order valence-electron chi connectivity index (χ0n) is 18.6. The molecule has 2 aromatic carbocycles. The van der Waals surface area contributed by atoms with Crippen LogP contribution in [0.3, 0.4) is 0 Å². The highest BCUT2D eigenvalue weighted by Crippen LogP contribution is 2.40. The lowest BCUT2D eigenvalue weighted by Gasteiger charge is -2.24. The number of carbonyl (C=O) groups is 2. The first kappa shape index (κ1) is 24.4. The molecule has 0 heterocycles. The first-order valence-electron chi connectivity index (χ1n) is 10.9. The van der Waals surface area contributed by atoms with Crippen molar-refractivity contribution in [3.8, 4) is 0 Å². The summed E-state index contributed by atoms with van der Waals surface area (Å²) in [5.41, 5.74) is 6.16. The average molecular weight is 424 g/mol. The lowest BCUT2D eigenvalue weighted by Crippen LogP contribution is -2.25. The van der Waals surface area contributed by atoms with E-state index in [0.29, 0.717) is 24.0 Å². The number of rotatable bonds is 7. The molecule has 5 nitrogen and oxygen atoms in total. The van der Waals surface area contributed by atoms with Gasteiger partial charge in [-0.15, -0.1) is 0 Å². The molecule has 0 bridgehead atoms. The molecule has 0 aromatic heterocycles. The van der Waals surface area contributed by atoms with E-state index in [1.54, 1.807) is 11.1 Å². The quantitative estimate of drug-likeness (QED) is 0.618. The minimum atomic E-state index is -1.26. The molecule has 2 N–H and O–H groups in total. The molecule has 0 saturated heterocycles. The molecule has 0 fully saturated rings. The molecule has 0 spiro atoms. The van der Waals surface area contributed by atoms with E-state index in [0.717, 1.165) is 13.1 Å². The fourth-order valence-corrected chi connectivity index (χ4v) is 4.24. The van der Waals surface area contributed by atoms with Crippen LogP contribution in [0.1, 0.15) is 61.3 Å². The van der Waals surface area contributed by atoms with Crippen LogP contribution >= 0.6 is 0 Å². The Bertz CT molecular complexity index is 886. The van der Waals surface area contributed by atoms with Crippen molar-refractivity contribution in [1.29, 1.82) is 0 Å². The summed E-state index contributed by atoms with van der Waals surface area (Å²) in [5, 5.41) is 15.6. The van der Waals surface area contributed by atoms with Crippen LogP contribution in [-0.4, -0.2) is 46.7 Å². The molecule has 2 atom stereocenters. The predicted molar refractivity (Wildman–Crippen MR) is 124 cm³/mol. The summed E-state index contributed by atoms with van der Waals surface area (Å²) in [6.45, 7) is 10.4. The van der Waals surface area contributed by atoms with E-state index >= 15 is 0 Å². The third-order valence-corrected chi connectivity index (χ3v) is 5.95. The van der Waals surface area contributed by atoms with Crippen LogP contribution in [0.4, 0.5) is 0 Å². The third kappa shape index (κ3) is 7.07. The Labute approximate surface area is 185 Å². The Kier molecular flexibility index (Phi) is 9.47. The van der Waals surface area contributed by atoms with Crippen molar-refractivity contribution in [3.63, 3.8) is 0 Å². The summed E-state index contributed by atoms with van der Waals surface area (Å²) >= 11 is 0. The van der Waals surface area contributed by atoms with Crippen LogP contribution in [0.15, 0.2) is 60.7 Å². The monoisotopic (exact) mass is 423 g/mol. The first-order chi connectivity index (χ1) is 14.9. The van der Waals surface area contributed by atoms with Gasteiger partial charge in [0.2, 0.25) is 0 Å². The van der Waals surface area contributed by atoms with Gasteiger partial charge in [0.15, 0.2) is 0 Å². The third-order valence-electron chi connectivity index (χ3n) is 5.95. The Hall–Kier alpha value is -2.92. The van der Waals surface area contributed by atoms with Crippen molar-refractivity contribution in [2.45, 2.75) is 45.4 Å². The number of aliphatic carboxylic acids is 2. The van der Waals surface area contributed by atoms with E-state index in [9.17, 15) is 9.59 Å². The molecule has 0 saturated carbocycles. The van der Waals surface area contributed by atoms with Gasteiger partial charge >= 0.3 is 11.9 Å². The highest BCUT2D eigenvalue weighted by atomic mass is 16.4. The maximum atomic E-state index is 9.55. The average Bonchev–Trinajstić information content (AvgIpc) is 2.89. The van der Waals surface area contributed by atoms with Crippen molar-refractivity contribution in [2.24, 2.45) is 0 Å². The molecule has 2 aromatic rings. The number of fused-ring (bicyclic) bond motifs is 2. The molecule has 0 radical (unpaired) electrons. The fourth-order valence-electron chi connectivity index (χ4n) is 4.24. The lowest BCUT2D eigenvalue weighted by atomic mass is 9.87. The van der Waals surface area contributed by atoms with Crippen LogP contribution < -0.4 is 0 Å². The van der Waals surface area contributed by atoms with Gasteiger partial charge in [0, 0.05) is 18.1 Å². The molecule has 3 rings (SSSR count). The summed E-state index contributed by atoms with van der Waals surface area (Å²) in [6.07, 6.45) is 3.54. The summed E-state index contributed by atoms with van der Waals surface area (Å²) < 4.78 is 0. The van der Waals surface area contributed by atoms with Crippen LogP contribution in [0.2, 0.25) is 0 Å². The Morgan fingerprint density at radius 2 is 1.42 bits per heavy atom. The predicted octanol–water partition coefficient (Wildman–Crippen LogP) is 4.92. The molecule has 1 aliphatic rings. The number of carboxylic acid groups (broad SMARTS) is 2. The largest absolute Gasteiger partial charge is 0.478 e. The second kappa shape index (κ2) is 12.1. The summed E-state index contributed by atoms with van der Waals surface area (Å²) in [4.78, 5) is 21.7. The highest BCUT2D eigenvalue weighted by molar-refractivity contribution is 5.89. The summed E-state index contributed by atoms with van der Waals surface area (Å²) in [5.74, 6) is -1.38. The molecular formula is C26H33NO4. The number of nitrogens with zero attached hydrogens (tertiary/aromatic N) is 1. The molecule has 166 valence electrons. The topological polar surface area (TPSA) is 77.8 Å². The van der Waals surface area contributed by atoms with E-state index in [-0.39, 0.29) is 0 Å².